The van der Waals surface area contributed by atoms with Gasteiger partial charge in [-0.3, -0.25) is 14.7 Å². The van der Waals surface area contributed by atoms with Gasteiger partial charge in [-0.25, -0.2) is 0 Å². The van der Waals surface area contributed by atoms with Crippen LogP contribution in [-0.4, -0.2) is 33.5 Å². The van der Waals surface area contributed by atoms with E-state index in [1.165, 1.54) is 12.8 Å². The van der Waals surface area contributed by atoms with Crippen molar-refractivity contribution in [2.75, 3.05) is 6.54 Å². The molecule has 1 aliphatic heterocycles. The van der Waals surface area contributed by atoms with E-state index in [1.54, 1.807) is 0 Å². The van der Waals surface area contributed by atoms with Crippen molar-refractivity contribution in [2.45, 2.75) is 44.7 Å². The molecule has 1 aliphatic rings. The van der Waals surface area contributed by atoms with Crippen molar-refractivity contribution in [3.05, 3.63) is 28.5 Å². The molecule has 0 aliphatic carbocycles. The van der Waals surface area contributed by atoms with Crippen molar-refractivity contribution in [1.82, 2.24) is 9.88 Å². The van der Waals surface area contributed by atoms with Crippen LogP contribution in [0.25, 0.3) is 0 Å². The molecule has 1 aromatic heterocycles. The Morgan fingerprint density at radius 2 is 2.32 bits per heavy atom. The maximum absolute atomic E-state index is 10.7. The number of carboxylic acid groups (broad SMARTS) is 1. The van der Waals surface area contributed by atoms with Gasteiger partial charge in [0.1, 0.15) is 0 Å². The predicted octanol–water partition coefficient (Wildman–Crippen LogP) is 3.06. The Kier molecular flexibility index (Phi) is 5.34. The summed E-state index contributed by atoms with van der Waals surface area (Å²) in [5.41, 5.74) is 1.05. The zero-order valence-corrected chi connectivity index (χ0v) is 12.5. The van der Waals surface area contributed by atoms with E-state index < -0.39 is 5.97 Å². The maximum Gasteiger partial charge on any atom is 0.303 e. The van der Waals surface area contributed by atoms with Crippen LogP contribution >= 0.6 is 15.9 Å². The summed E-state index contributed by atoms with van der Waals surface area (Å²) >= 11 is 3.38. The van der Waals surface area contributed by atoms with Gasteiger partial charge >= 0.3 is 5.97 Å². The molecule has 0 bridgehead atoms. The number of rotatable bonds is 5. The second-order valence-electron chi connectivity index (χ2n) is 5.02. The molecular formula is C14H19BrN2O2. The van der Waals surface area contributed by atoms with Gasteiger partial charge in [0.15, 0.2) is 0 Å². The third-order valence-electron chi connectivity index (χ3n) is 3.59. The van der Waals surface area contributed by atoms with Crippen molar-refractivity contribution in [3.8, 4) is 0 Å². The van der Waals surface area contributed by atoms with Crippen LogP contribution in [0.4, 0.5) is 0 Å². The predicted molar refractivity (Wildman–Crippen MR) is 76.9 cm³/mol. The van der Waals surface area contributed by atoms with Gasteiger partial charge < -0.3 is 5.11 Å². The fourth-order valence-corrected chi connectivity index (χ4v) is 2.83. The molecule has 1 saturated heterocycles. The molecule has 0 saturated carbocycles. The molecule has 0 spiro atoms. The number of nitrogens with zero attached hydrogens (tertiary/aromatic N) is 2. The smallest absolute Gasteiger partial charge is 0.303 e. The lowest BCUT2D eigenvalue weighted by Crippen LogP contribution is -2.39. The maximum atomic E-state index is 10.7. The molecule has 2 rings (SSSR count). The van der Waals surface area contributed by atoms with Crippen LogP contribution in [0, 0.1) is 0 Å². The highest BCUT2D eigenvalue weighted by atomic mass is 79.9. The monoisotopic (exact) mass is 326 g/mol. The molecule has 2 heterocycles. The number of aromatic nitrogens is 1. The lowest BCUT2D eigenvalue weighted by molar-refractivity contribution is -0.137. The second kappa shape index (κ2) is 7.01. The van der Waals surface area contributed by atoms with Gasteiger partial charge in [0, 0.05) is 29.7 Å². The fraction of sp³-hybridized carbons (Fsp3) is 0.571. The van der Waals surface area contributed by atoms with Crippen molar-refractivity contribution in [1.29, 1.82) is 0 Å². The Balaban J connectivity index is 1.95. The SMILES string of the molecule is O=C(O)CCC1CCCCN1Cc1ccc(Br)cn1. The third-order valence-corrected chi connectivity index (χ3v) is 4.06. The number of likely N-dealkylation sites (tertiary alicyclic amines) is 1. The zero-order valence-electron chi connectivity index (χ0n) is 10.9. The van der Waals surface area contributed by atoms with Crippen LogP contribution in [0.3, 0.4) is 0 Å². The first kappa shape index (κ1) is 14.5. The summed E-state index contributed by atoms with van der Waals surface area (Å²) in [7, 11) is 0. The molecule has 19 heavy (non-hydrogen) atoms. The van der Waals surface area contributed by atoms with E-state index in [-0.39, 0.29) is 6.42 Å². The molecule has 4 nitrogen and oxygen atoms in total. The zero-order chi connectivity index (χ0) is 13.7. The van der Waals surface area contributed by atoms with Crippen LogP contribution in [-0.2, 0) is 11.3 Å². The average Bonchev–Trinajstić information content (AvgIpc) is 2.40. The number of aliphatic carboxylic acids is 1. The number of halogens is 1. The van der Waals surface area contributed by atoms with Crippen molar-refractivity contribution < 1.29 is 9.90 Å². The highest BCUT2D eigenvalue weighted by Gasteiger charge is 2.23. The molecule has 5 heteroatoms. The summed E-state index contributed by atoms with van der Waals surface area (Å²) in [5.74, 6) is -0.702. The summed E-state index contributed by atoms with van der Waals surface area (Å²) < 4.78 is 0.984. The van der Waals surface area contributed by atoms with Gasteiger partial charge in [-0.2, -0.15) is 0 Å². The normalized spacial score (nSPS) is 20.4. The van der Waals surface area contributed by atoms with E-state index in [0.717, 1.165) is 36.1 Å². The van der Waals surface area contributed by atoms with Gasteiger partial charge in [-0.1, -0.05) is 6.42 Å². The highest BCUT2D eigenvalue weighted by molar-refractivity contribution is 9.10. The molecule has 104 valence electrons. The second-order valence-corrected chi connectivity index (χ2v) is 5.94. The summed E-state index contributed by atoms with van der Waals surface area (Å²) in [4.78, 5) is 17.5. The lowest BCUT2D eigenvalue weighted by atomic mass is 9.97. The first-order valence-electron chi connectivity index (χ1n) is 6.71. The minimum absolute atomic E-state index is 0.259. The molecule has 1 aromatic rings. The Hall–Kier alpha value is -0.940. The molecule has 1 unspecified atom stereocenters. The van der Waals surface area contributed by atoms with Crippen molar-refractivity contribution >= 4 is 21.9 Å². The summed E-state index contributed by atoms with van der Waals surface area (Å²) in [6, 6.07) is 4.40. The van der Waals surface area contributed by atoms with E-state index >= 15 is 0 Å². The van der Waals surface area contributed by atoms with E-state index in [1.807, 2.05) is 18.3 Å². The molecule has 1 fully saturated rings. The van der Waals surface area contributed by atoms with Crippen molar-refractivity contribution in [3.63, 3.8) is 0 Å². The van der Waals surface area contributed by atoms with Gasteiger partial charge in [0.05, 0.1) is 5.69 Å². The standard InChI is InChI=1S/C14H19BrN2O2/c15-11-4-5-12(16-9-11)10-17-8-2-1-3-13(17)6-7-14(18)19/h4-5,9,13H,1-3,6-8,10H2,(H,18,19). The molecule has 0 radical (unpaired) electrons. The third kappa shape index (κ3) is 4.58. The number of carbonyl (C=O) groups is 1. The van der Waals surface area contributed by atoms with E-state index in [0.29, 0.717) is 6.04 Å². The highest BCUT2D eigenvalue weighted by Crippen LogP contribution is 2.22. The Morgan fingerprint density at radius 1 is 1.47 bits per heavy atom. The minimum atomic E-state index is -0.702. The first-order valence-corrected chi connectivity index (χ1v) is 7.51. The summed E-state index contributed by atoms with van der Waals surface area (Å²) in [5, 5.41) is 8.81. The Morgan fingerprint density at radius 3 is 3.00 bits per heavy atom. The molecule has 1 N–H and O–H groups in total. The van der Waals surface area contributed by atoms with Gasteiger partial charge in [0.25, 0.3) is 0 Å². The molecule has 0 amide bonds. The quantitative estimate of drug-likeness (QED) is 0.903. The average molecular weight is 327 g/mol. The van der Waals surface area contributed by atoms with Gasteiger partial charge in [-0.05, 0) is 53.9 Å². The molecule has 1 atom stereocenters. The largest absolute Gasteiger partial charge is 0.481 e. The fourth-order valence-electron chi connectivity index (χ4n) is 2.59. The minimum Gasteiger partial charge on any atom is -0.481 e. The Labute approximate surface area is 122 Å². The van der Waals surface area contributed by atoms with E-state index in [9.17, 15) is 4.79 Å². The van der Waals surface area contributed by atoms with E-state index in [2.05, 4.69) is 25.8 Å². The van der Waals surface area contributed by atoms with Crippen LogP contribution in [0.2, 0.25) is 0 Å². The first-order chi connectivity index (χ1) is 9.15. The van der Waals surface area contributed by atoms with Crippen LogP contribution in [0.5, 0.6) is 0 Å². The van der Waals surface area contributed by atoms with E-state index in [4.69, 9.17) is 5.11 Å². The number of hydrogen-bond acceptors (Lipinski definition) is 3. The topological polar surface area (TPSA) is 53.4 Å². The van der Waals surface area contributed by atoms with Crippen LogP contribution in [0.15, 0.2) is 22.8 Å². The van der Waals surface area contributed by atoms with Crippen molar-refractivity contribution in [2.24, 2.45) is 0 Å². The number of hydrogen-bond donors (Lipinski definition) is 1. The number of pyridine rings is 1. The number of piperidine rings is 1. The van der Waals surface area contributed by atoms with Crippen LogP contribution < -0.4 is 0 Å². The van der Waals surface area contributed by atoms with Gasteiger partial charge in [0.2, 0.25) is 0 Å². The van der Waals surface area contributed by atoms with Crippen LogP contribution in [0.1, 0.15) is 37.8 Å². The molecular weight excluding hydrogens is 308 g/mol. The molecule has 0 aromatic carbocycles. The lowest BCUT2D eigenvalue weighted by Gasteiger charge is -2.35. The Bertz CT molecular complexity index is 422. The number of carboxylic acids is 1. The summed E-state index contributed by atoms with van der Waals surface area (Å²) in [6.45, 7) is 1.86. The summed E-state index contributed by atoms with van der Waals surface area (Å²) in [6.07, 6.45) is 6.31. The van der Waals surface area contributed by atoms with Gasteiger partial charge in [-0.15, -0.1) is 0 Å².